The number of ether oxygens (including phenoxy) is 2. The van der Waals surface area contributed by atoms with Crippen LogP contribution in [0, 0.1) is 12.3 Å². The number of aryl methyl sites for hydroxylation is 1. The lowest BCUT2D eigenvalue weighted by molar-refractivity contribution is -0.0347. The molecule has 0 saturated heterocycles. The second-order valence-electron chi connectivity index (χ2n) is 10.1. The third-order valence-corrected chi connectivity index (χ3v) is 8.77. The average Bonchev–Trinajstić information content (AvgIpc) is 3.12. The first-order chi connectivity index (χ1) is 18.4. The predicted molar refractivity (Wildman–Crippen MR) is 151 cm³/mol. The zero-order chi connectivity index (χ0) is 26.8. The van der Waals surface area contributed by atoms with Gasteiger partial charge < -0.3 is 14.8 Å². The van der Waals surface area contributed by atoms with E-state index in [0.29, 0.717) is 37.9 Å². The molecule has 38 heavy (non-hydrogen) atoms. The highest BCUT2D eigenvalue weighted by molar-refractivity contribution is 7.89. The molecule has 0 spiro atoms. The van der Waals surface area contributed by atoms with Crippen molar-refractivity contribution < 1.29 is 17.9 Å². The largest absolute Gasteiger partial charge is 0.387 e. The van der Waals surface area contributed by atoms with Crippen LogP contribution in [0.5, 0.6) is 0 Å². The quantitative estimate of drug-likeness (QED) is 0.341. The Morgan fingerprint density at radius 1 is 0.842 bits per heavy atom. The summed E-state index contributed by atoms with van der Waals surface area (Å²) in [7, 11) is -1.96. The average molecular weight is 535 g/mol. The van der Waals surface area contributed by atoms with Gasteiger partial charge in [0.15, 0.2) is 0 Å². The minimum atomic E-state index is -3.58. The number of nitrogens with one attached hydrogen (secondary N) is 1. The lowest BCUT2D eigenvalue weighted by Gasteiger charge is -2.31. The smallest absolute Gasteiger partial charge is 0.243 e. The summed E-state index contributed by atoms with van der Waals surface area (Å²) in [5, 5.41) is 3.46. The lowest BCUT2D eigenvalue weighted by Crippen LogP contribution is -2.34. The Hall–Kier alpha value is -2.97. The molecule has 0 fully saturated rings. The molecule has 0 aliphatic carbocycles. The first-order valence-electron chi connectivity index (χ1n) is 13.1. The van der Waals surface area contributed by atoms with E-state index in [-0.39, 0.29) is 12.0 Å². The third-order valence-electron chi connectivity index (χ3n) is 6.95. The minimum absolute atomic E-state index is 0.216. The van der Waals surface area contributed by atoms with E-state index in [9.17, 15) is 8.42 Å². The van der Waals surface area contributed by atoms with E-state index >= 15 is 0 Å². The summed E-state index contributed by atoms with van der Waals surface area (Å²) < 4.78 is 40.1. The van der Waals surface area contributed by atoms with Gasteiger partial charge in [-0.3, -0.25) is 0 Å². The van der Waals surface area contributed by atoms with Crippen molar-refractivity contribution in [3.8, 4) is 0 Å². The summed E-state index contributed by atoms with van der Waals surface area (Å²) in [6.07, 6.45) is 3.70. The number of hydrogen-bond acceptors (Lipinski definition) is 5. The lowest BCUT2D eigenvalue weighted by atomic mass is 9.83. The standard InChI is InChI=1S/C31H38N2O4S/c1-26-13-15-30(16-14-26)38(34,35)33(2)21-29-17-18-31(19-20-32-29,24-36-22-27-9-5-3-6-10-27)25-37-23-28-11-7-4-8-12-28/h3-17,32H,18-25H2,1-2H3. The first kappa shape index (κ1) is 28.0. The Labute approximate surface area is 227 Å². The molecule has 1 heterocycles. The van der Waals surface area contributed by atoms with Crippen LogP contribution in [0.3, 0.4) is 0 Å². The van der Waals surface area contributed by atoms with E-state index in [0.717, 1.165) is 35.2 Å². The topological polar surface area (TPSA) is 67.9 Å². The van der Waals surface area contributed by atoms with Gasteiger partial charge in [-0.15, -0.1) is 0 Å². The molecule has 7 heteroatoms. The second kappa shape index (κ2) is 13.2. The van der Waals surface area contributed by atoms with Crippen molar-refractivity contribution in [3.05, 3.63) is 113 Å². The fourth-order valence-electron chi connectivity index (χ4n) is 4.56. The van der Waals surface area contributed by atoms with Gasteiger partial charge in [0.1, 0.15) is 0 Å². The molecule has 0 saturated carbocycles. The molecule has 0 atom stereocenters. The molecule has 0 amide bonds. The van der Waals surface area contributed by atoms with Crippen LogP contribution in [0.4, 0.5) is 0 Å². The predicted octanol–water partition coefficient (Wildman–Crippen LogP) is 5.30. The van der Waals surface area contributed by atoms with Gasteiger partial charge in [-0.05, 0) is 43.0 Å². The molecule has 3 aromatic carbocycles. The number of hydrogen-bond donors (Lipinski definition) is 1. The molecule has 0 unspecified atom stereocenters. The van der Waals surface area contributed by atoms with Crippen LogP contribution in [0.1, 0.15) is 29.5 Å². The van der Waals surface area contributed by atoms with Crippen LogP contribution >= 0.6 is 0 Å². The van der Waals surface area contributed by atoms with Crippen LogP contribution < -0.4 is 5.32 Å². The number of likely N-dealkylation sites (N-methyl/N-ethyl adjacent to an activating group) is 1. The monoisotopic (exact) mass is 534 g/mol. The van der Waals surface area contributed by atoms with Crippen LogP contribution in [0.15, 0.2) is 102 Å². The van der Waals surface area contributed by atoms with Gasteiger partial charge in [-0.25, -0.2) is 8.42 Å². The molecule has 3 aromatic rings. The van der Waals surface area contributed by atoms with Crippen molar-refractivity contribution in [2.45, 2.75) is 37.9 Å². The normalized spacial score (nSPS) is 15.5. The highest BCUT2D eigenvalue weighted by Crippen LogP contribution is 2.32. The maximum Gasteiger partial charge on any atom is 0.243 e. The number of sulfonamides is 1. The molecule has 6 nitrogen and oxygen atoms in total. The van der Waals surface area contributed by atoms with Gasteiger partial charge in [0.05, 0.1) is 37.9 Å². The maximum absolute atomic E-state index is 13.1. The van der Waals surface area contributed by atoms with E-state index in [4.69, 9.17) is 9.47 Å². The van der Waals surface area contributed by atoms with Crippen LogP contribution in [-0.4, -0.2) is 46.1 Å². The van der Waals surface area contributed by atoms with Crippen molar-refractivity contribution in [2.24, 2.45) is 5.41 Å². The van der Waals surface area contributed by atoms with E-state index in [1.54, 1.807) is 19.2 Å². The Morgan fingerprint density at radius 3 is 1.95 bits per heavy atom. The number of allylic oxidation sites excluding steroid dienone is 1. The van der Waals surface area contributed by atoms with Crippen LogP contribution in [0.2, 0.25) is 0 Å². The van der Waals surface area contributed by atoms with E-state index in [1.807, 2.05) is 55.5 Å². The first-order valence-corrected chi connectivity index (χ1v) is 14.5. The summed E-state index contributed by atoms with van der Waals surface area (Å²) in [4.78, 5) is 0.304. The third kappa shape index (κ3) is 7.77. The number of rotatable bonds is 12. The molecule has 1 aliphatic rings. The van der Waals surface area contributed by atoms with E-state index in [2.05, 4.69) is 35.7 Å². The van der Waals surface area contributed by atoms with E-state index in [1.165, 1.54) is 4.31 Å². The Bertz CT molecular complexity index is 1230. The van der Waals surface area contributed by atoms with Gasteiger partial charge in [-0.2, -0.15) is 4.31 Å². The molecule has 1 aliphatic heterocycles. The van der Waals surface area contributed by atoms with Crippen LogP contribution in [0.25, 0.3) is 0 Å². The molecule has 0 radical (unpaired) electrons. The van der Waals surface area contributed by atoms with Gasteiger partial charge in [0, 0.05) is 24.7 Å². The van der Waals surface area contributed by atoms with Crippen molar-refractivity contribution in [1.82, 2.24) is 9.62 Å². The zero-order valence-corrected chi connectivity index (χ0v) is 23.1. The minimum Gasteiger partial charge on any atom is -0.387 e. The van der Waals surface area contributed by atoms with Crippen molar-refractivity contribution in [2.75, 3.05) is 33.4 Å². The summed E-state index contributed by atoms with van der Waals surface area (Å²) in [6.45, 7) is 5.14. The Balaban J connectivity index is 1.43. The number of benzene rings is 3. The highest BCUT2D eigenvalue weighted by Gasteiger charge is 2.32. The molecular formula is C31H38N2O4S. The van der Waals surface area contributed by atoms with Crippen molar-refractivity contribution >= 4 is 10.0 Å². The molecule has 202 valence electrons. The zero-order valence-electron chi connectivity index (χ0n) is 22.3. The number of nitrogens with zero attached hydrogens (tertiary/aromatic N) is 1. The molecule has 4 rings (SSSR count). The fraction of sp³-hybridized carbons (Fsp3) is 0.355. The highest BCUT2D eigenvalue weighted by atomic mass is 32.2. The molecule has 0 bridgehead atoms. The van der Waals surface area contributed by atoms with Gasteiger partial charge in [0.2, 0.25) is 10.0 Å². The molecule has 0 aromatic heterocycles. The summed E-state index contributed by atoms with van der Waals surface area (Å²) in [6, 6.07) is 27.3. The van der Waals surface area contributed by atoms with Crippen LogP contribution in [-0.2, 0) is 32.7 Å². The SMILES string of the molecule is Cc1ccc(S(=O)(=O)N(C)CC2=CCC(COCc3ccccc3)(COCc3ccccc3)CCN2)cc1. The van der Waals surface area contributed by atoms with Crippen molar-refractivity contribution in [1.29, 1.82) is 0 Å². The Morgan fingerprint density at radius 2 is 1.39 bits per heavy atom. The molecular weight excluding hydrogens is 496 g/mol. The van der Waals surface area contributed by atoms with Crippen molar-refractivity contribution in [3.63, 3.8) is 0 Å². The summed E-state index contributed by atoms with van der Waals surface area (Å²) in [5.41, 5.74) is 3.99. The maximum atomic E-state index is 13.1. The van der Waals surface area contributed by atoms with Gasteiger partial charge >= 0.3 is 0 Å². The molecule has 1 N–H and O–H groups in total. The summed E-state index contributed by atoms with van der Waals surface area (Å²) in [5.74, 6) is 0. The second-order valence-corrected chi connectivity index (χ2v) is 12.2. The summed E-state index contributed by atoms with van der Waals surface area (Å²) >= 11 is 0. The van der Waals surface area contributed by atoms with Gasteiger partial charge in [0.25, 0.3) is 0 Å². The van der Waals surface area contributed by atoms with Gasteiger partial charge in [-0.1, -0.05) is 84.4 Å². The van der Waals surface area contributed by atoms with E-state index < -0.39 is 10.0 Å². The Kier molecular flexibility index (Phi) is 9.74. The fourth-order valence-corrected chi connectivity index (χ4v) is 5.71.